The van der Waals surface area contributed by atoms with Crippen LogP contribution in [0, 0.1) is 6.92 Å². The zero-order chi connectivity index (χ0) is 23.0. The largest absolute Gasteiger partial charge is 0.490 e. The molecule has 0 fully saturated rings. The van der Waals surface area contributed by atoms with Crippen LogP contribution in [0.4, 0.5) is 13.2 Å². The summed E-state index contributed by atoms with van der Waals surface area (Å²) >= 11 is 0. The molecule has 1 aliphatic rings. The number of pyridine rings is 1. The summed E-state index contributed by atoms with van der Waals surface area (Å²) in [6.45, 7) is 5.76. The Bertz CT molecular complexity index is 1160. The predicted octanol–water partition coefficient (Wildman–Crippen LogP) is 4.15. The van der Waals surface area contributed by atoms with Crippen molar-refractivity contribution in [1.82, 2.24) is 24.9 Å². The normalized spacial score (nSPS) is 16.1. The Labute approximate surface area is 182 Å². The van der Waals surface area contributed by atoms with Crippen LogP contribution < -0.4 is 4.74 Å². The van der Waals surface area contributed by atoms with Gasteiger partial charge in [0.25, 0.3) is 5.91 Å². The molecule has 0 saturated heterocycles. The van der Waals surface area contributed by atoms with Gasteiger partial charge in [-0.15, -0.1) is 5.10 Å². The standard InChI is InChI=1S/C22H22F3N5O2/c1-4-32-18-9-6-11-26-20(18)30-17-10-12-29(14(3)19(17)27-28-30)21(31)15-7-5-8-16(13(15)2)22(23,24)25/h5-9,11,14H,4,10,12H2,1-3H3. The molecule has 32 heavy (non-hydrogen) atoms. The van der Waals surface area contributed by atoms with Gasteiger partial charge in [0.2, 0.25) is 0 Å². The lowest BCUT2D eigenvalue weighted by Crippen LogP contribution is -2.39. The first-order valence-electron chi connectivity index (χ1n) is 10.2. The molecule has 168 valence electrons. The highest BCUT2D eigenvalue weighted by Crippen LogP contribution is 2.35. The second-order valence-corrected chi connectivity index (χ2v) is 7.49. The van der Waals surface area contributed by atoms with E-state index in [9.17, 15) is 18.0 Å². The molecule has 2 aromatic heterocycles. The van der Waals surface area contributed by atoms with Crippen LogP contribution in [-0.4, -0.2) is 43.9 Å². The van der Waals surface area contributed by atoms with Crippen molar-refractivity contribution >= 4 is 5.91 Å². The number of fused-ring (bicyclic) bond motifs is 1. The van der Waals surface area contributed by atoms with Gasteiger partial charge in [-0.3, -0.25) is 4.79 Å². The molecule has 1 aromatic carbocycles. The van der Waals surface area contributed by atoms with Crippen LogP contribution in [0.5, 0.6) is 5.75 Å². The van der Waals surface area contributed by atoms with E-state index in [1.165, 1.54) is 24.0 Å². The molecule has 1 unspecified atom stereocenters. The Morgan fingerprint density at radius 2 is 2.03 bits per heavy atom. The first kappa shape index (κ1) is 21.8. The maximum atomic E-state index is 13.3. The fourth-order valence-corrected chi connectivity index (χ4v) is 4.03. The van der Waals surface area contributed by atoms with Gasteiger partial charge in [-0.25, -0.2) is 4.98 Å². The number of carbonyl (C=O) groups excluding carboxylic acids is 1. The SMILES string of the molecule is CCOc1cccnc1-n1nnc2c1CCN(C(=O)c1cccc(C(F)(F)F)c1C)C2C. The fraction of sp³-hybridized carbons (Fsp3) is 0.364. The van der Waals surface area contributed by atoms with Gasteiger partial charge in [0.15, 0.2) is 11.6 Å². The molecule has 10 heteroatoms. The van der Waals surface area contributed by atoms with Crippen LogP contribution in [0.3, 0.4) is 0 Å². The van der Waals surface area contributed by atoms with Crippen LogP contribution in [-0.2, 0) is 12.6 Å². The number of nitrogens with zero attached hydrogens (tertiary/aromatic N) is 5. The summed E-state index contributed by atoms with van der Waals surface area (Å²) in [5, 5.41) is 8.49. The van der Waals surface area contributed by atoms with E-state index < -0.39 is 23.7 Å². The highest BCUT2D eigenvalue weighted by atomic mass is 19.4. The minimum atomic E-state index is -4.52. The molecule has 0 bridgehead atoms. The number of hydrogen-bond acceptors (Lipinski definition) is 5. The van der Waals surface area contributed by atoms with E-state index in [0.717, 1.165) is 11.8 Å². The van der Waals surface area contributed by atoms with Crippen LogP contribution in [0.15, 0.2) is 36.5 Å². The Morgan fingerprint density at radius 1 is 1.25 bits per heavy atom. The first-order valence-corrected chi connectivity index (χ1v) is 10.2. The van der Waals surface area contributed by atoms with Gasteiger partial charge >= 0.3 is 6.18 Å². The molecule has 1 amide bonds. The smallest absolute Gasteiger partial charge is 0.416 e. The highest BCUT2D eigenvalue weighted by molar-refractivity contribution is 5.96. The lowest BCUT2D eigenvalue weighted by molar-refractivity contribution is -0.138. The number of halogens is 3. The van der Waals surface area contributed by atoms with Gasteiger partial charge in [0.05, 0.1) is 23.9 Å². The monoisotopic (exact) mass is 445 g/mol. The van der Waals surface area contributed by atoms with Crippen molar-refractivity contribution < 1.29 is 22.7 Å². The molecule has 3 aromatic rings. The summed E-state index contributed by atoms with van der Waals surface area (Å²) in [4.78, 5) is 19.1. The Hall–Kier alpha value is -3.43. The third kappa shape index (κ3) is 3.69. The summed E-state index contributed by atoms with van der Waals surface area (Å²) < 4.78 is 47.1. The third-order valence-corrected chi connectivity index (χ3v) is 5.63. The Morgan fingerprint density at radius 3 is 2.75 bits per heavy atom. The molecule has 0 radical (unpaired) electrons. The predicted molar refractivity (Wildman–Crippen MR) is 110 cm³/mol. The van der Waals surface area contributed by atoms with Crippen molar-refractivity contribution in [2.24, 2.45) is 0 Å². The summed E-state index contributed by atoms with van der Waals surface area (Å²) in [6, 6.07) is 6.76. The van der Waals surface area contributed by atoms with Crippen molar-refractivity contribution in [1.29, 1.82) is 0 Å². The van der Waals surface area contributed by atoms with E-state index in [1.54, 1.807) is 29.9 Å². The third-order valence-electron chi connectivity index (χ3n) is 5.63. The van der Waals surface area contributed by atoms with Gasteiger partial charge in [-0.1, -0.05) is 11.3 Å². The lowest BCUT2D eigenvalue weighted by Gasteiger charge is -2.33. The van der Waals surface area contributed by atoms with Gasteiger partial charge < -0.3 is 9.64 Å². The van der Waals surface area contributed by atoms with Crippen molar-refractivity contribution in [2.45, 2.75) is 39.4 Å². The highest BCUT2D eigenvalue weighted by Gasteiger charge is 2.37. The van der Waals surface area contributed by atoms with E-state index in [0.29, 0.717) is 36.8 Å². The van der Waals surface area contributed by atoms with E-state index in [2.05, 4.69) is 15.3 Å². The van der Waals surface area contributed by atoms with Crippen molar-refractivity contribution in [2.75, 3.05) is 13.2 Å². The second-order valence-electron chi connectivity index (χ2n) is 7.49. The molecule has 0 N–H and O–H groups in total. The van der Waals surface area contributed by atoms with Gasteiger partial charge in [-0.2, -0.15) is 17.9 Å². The van der Waals surface area contributed by atoms with Crippen molar-refractivity contribution in [3.05, 3.63) is 64.6 Å². The topological polar surface area (TPSA) is 73.1 Å². The molecule has 0 aliphatic carbocycles. The maximum absolute atomic E-state index is 13.3. The molecule has 1 aliphatic heterocycles. The summed E-state index contributed by atoms with van der Waals surface area (Å²) in [6.07, 6.45) is -2.46. The number of hydrogen-bond donors (Lipinski definition) is 0. The van der Waals surface area contributed by atoms with Gasteiger partial charge in [0.1, 0.15) is 5.69 Å². The summed E-state index contributed by atoms with van der Waals surface area (Å²) in [5.74, 6) is 0.603. The minimum absolute atomic E-state index is 0.0332. The van der Waals surface area contributed by atoms with Gasteiger partial charge in [-0.05, 0) is 50.6 Å². The van der Waals surface area contributed by atoms with Crippen LogP contribution >= 0.6 is 0 Å². The number of carbonyl (C=O) groups is 1. The van der Waals surface area contributed by atoms with E-state index in [-0.39, 0.29) is 11.1 Å². The van der Waals surface area contributed by atoms with Gasteiger partial charge in [0, 0.05) is 24.7 Å². The number of benzene rings is 1. The molecule has 0 spiro atoms. The molecule has 1 atom stereocenters. The average molecular weight is 445 g/mol. The second kappa shape index (κ2) is 8.25. The summed E-state index contributed by atoms with van der Waals surface area (Å²) in [5.41, 5.74) is 0.523. The number of aromatic nitrogens is 4. The average Bonchev–Trinajstić information content (AvgIpc) is 3.18. The van der Waals surface area contributed by atoms with Crippen LogP contribution in [0.25, 0.3) is 5.82 Å². The van der Waals surface area contributed by atoms with E-state index in [4.69, 9.17) is 4.74 Å². The molecule has 0 saturated carbocycles. The zero-order valence-corrected chi connectivity index (χ0v) is 17.8. The number of ether oxygens (including phenoxy) is 1. The molecule has 7 nitrogen and oxygen atoms in total. The van der Waals surface area contributed by atoms with Crippen molar-refractivity contribution in [3.63, 3.8) is 0 Å². The maximum Gasteiger partial charge on any atom is 0.416 e. The fourth-order valence-electron chi connectivity index (χ4n) is 4.03. The number of alkyl halides is 3. The van der Waals surface area contributed by atoms with E-state index in [1.807, 2.05) is 6.92 Å². The number of rotatable bonds is 4. The minimum Gasteiger partial charge on any atom is -0.490 e. The molecular weight excluding hydrogens is 423 g/mol. The lowest BCUT2D eigenvalue weighted by atomic mass is 9.98. The quantitative estimate of drug-likeness (QED) is 0.603. The number of amides is 1. The molecule has 4 rings (SSSR count). The Balaban J connectivity index is 1.67. The van der Waals surface area contributed by atoms with Crippen molar-refractivity contribution in [3.8, 4) is 11.6 Å². The Kier molecular flexibility index (Phi) is 5.62. The first-order chi connectivity index (χ1) is 15.2. The summed E-state index contributed by atoms with van der Waals surface area (Å²) in [7, 11) is 0. The van der Waals surface area contributed by atoms with Crippen LogP contribution in [0.2, 0.25) is 0 Å². The molecule has 3 heterocycles. The van der Waals surface area contributed by atoms with E-state index >= 15 is 0 Å². The zero-order valence-electron chi connectivity index (χ0n) is 17.8. The van der Waals surface area contributed by atoms with Crippen LogP contribution in [0.1, 0.15) is 52.8 Å². The molecular formula is C22H22F3N5O2.